The summed E-state index contributed by atoms with van der Waals surface area (Å²) < 4.78 is 34.2. The number of alkyl halides is 2. The number of halogens is 2. The van der Waals surface area contributed by atoms with E-state index in [4.69, 9.17) is 0 Å². The molecule has 0 bridgehead atoms. The Bertz CT molecular complexity index is 408. The topological polar surface area (TPSA) is 18.5 Å². The summed E-state index contributed by atoms with van der Waals surface area (Å²) in [6.07, 6.45) is -1.56. The SMILES string of the molecule is CC(C)(C)[CH]c1ccc2c(c1)OC(F)(F)O2. The highest BCUT2D eigenvalue weighted by atomic mass is 19.3. The number of benzene rings is 1. The predicted molar refractivity (Wildman–Crippen MR) is 55.5 cm³/mol. The maximum absolute atomic E-state index is 12.8. The monoisotopic (exact) mass is 227 g/mol. The zero-order valence-electron chi connectivity index (χ0n) is 9.38. The molecule has 1 aromatic rings. The zero-order chi connectivity index (χ0) is 12.0. The standard InChI is InChI=1S/C12H13F2O2/c1-11(2,3)7-8-4-5-9-10(6-8)16-12(13,14)15-9/h4-7H,1-3H3. The summed E-state index contributed by atoms with van der Waals surface area (Å²) >= 11 is 0. The largest absolute Gasteiger partial charge is 0.586 e. The van der Waals surface area contributed by atoms with Gasteiger partial charge < -0.3 is 9.47 Å². The van der Waals surface area contributed by atoms with E-state index in [9.17, 15) is 8.78 Å². The van der Waals surface area contributed by atoms with Crippen molar-refractivity contribution in [2.75, 3.05) is 0 Å². The lowest BCUT2D eigenvalue weighted by atomic mass is 9.88. The summed E-state index contributed by atoms with van der Waals surface area (Å²) in [4.78, 5) is 0. The minimum atomic E-state index is -3.54. The Labute approximate surface area is 93.2 Å². The highest BCUT2D eigenvalue weighted by Crippen LogP contribution is 2.42. The van der Waals surface area contributed by atoms with Gasteiger partial charge in [0.1, 0.15) is 0 Å². The van der Waals surface area contributed by atoms with Gasteiger partial charge in [0, 0.05) is 0 Å². The van der Waals surface area contributed by atoms with Crippen LogP contribution < -0.4 is 9.47 Å². The molecular formula is C12H13F2O2. The third-order valence-electron chi connectivity index (χ3n) is 2.02. The molecule has 0 saturated carbocycles. The van der Waals surface area contributed by atoms with E-state index in [-0.39, 0.29) is 16.9 Å². The second-order valence-electron chi connectivity index (χ2n) is 4.88. The van der Waals surface area contributed by atoms with E-state index in [0.29, 0.717) is 0 Å². The Balaban J connectivity index is 2.23. The lowest BCUT2D eigenvalue weighted by Crippen LogP contribution is -2.25. The molecule has 1 aliphatic heterocycles. The van der Waals surface area contributed by atoms with Crippen molar-refractivity contribution >= 4 is 0 Å². The Morgan fingerprint density at radius 1 is 1.12 bits per heavy atom. The minimum absolute atomic E-state index is 0.0176. The maximum atomic E-state index is 12.8. The first-order valence-electron chi connectivity index (χ1n) is 5.01. The maximum Gasteiger partial charge on any atom is 0.586 e. The summed E-state index contributed by atoms with van der Waals surface area (Å²) in [5.74, 6) is 0.166. The van der Waals surface area contributed by atoms with Gasteiger partial charge in [-0.25, -0.2) is 0 Å². The van der Waals surface area contributed by atoms with Gasteiger partial charge in [0.05, 0.1) is 0 Å². The Morgan fingerprint density at radius 2 is 1.75 bits per heavy atom. The zero-order valence-corrected chi connectivity index (χ0v) is 9.38. The van der Waals surface area contributed by atoms with E-state index in [1.807, 2.05) is 27.2 Å². The van der Waals surface area contributed by atoms with Crippen molar-refractivity contribution in [3.8, 4) is 11.5 Å². The summed E-state index contributed by atoms with van der Waals surface area (Å²) in [6, 6.07) is 4.78. The lowest BCUT2D eigenvalue weighted by Gasteiger charge is -2.17. The first-order chi connectivity index (χ1) is 7.25. The van der Waals surface area contributed by atoms with Gasteiger partial charge in [-0.05, 0) is 29.5 Å². The van der Waals surface area contributed by atoms with Gasteiger partial charge in [-0.2, -0.15) is 0 Å². The van der Waals surface area contributed by atoms with Crippen molar-refractivity contribution in [2.24, 2.45) is 5.41 Å². The van der Waals surface area contributed by atoms with E-state index < -0.39 is 6.29 Å². The second-order valence-corrected chi connectivity index (χ2v) is 4.88. The fourth-order valence-corrected chi connectivity index (χ4v) is 1.56. The molecule has 1 aromatic carbocycles. The van der Waals surface area contributed by atoms with Crippen molar-refractivity contribution < 1.29 is 18.3 Å². The normalized spacial score (nSPS) is 17.6. The minimum Gasteiger partial charge on any atom is -0.395 e. The molecule has 87 valence electrons. The average molecular weight is 227 g/mol. The van der Waals surface area contributed by atoms with Crippen molar-refractivity contribution in [3.05, 3.63) is 30.2 Å². The van der Waals surface area contributed by atoms with Crippen molar-refractivity contribution in [1.29, 1.82) is 0 Å². The number of fused-ring (bicyclic) bond motifs is 1. The van der Waals surface area contributed by atoms with Gasteiger partial charge >= 0.3 is 6.29 Å². The van der Waals surface area contributed by atoms with Crippen LogP contribution in [0.3, 0.4) is 0 Å². The first-order valence-corrected chi connectivity index (χ1v) is 5.01. The molecule has 0 aromatic heterocycles. The van der Waals surface area contributed by atoms with Gasteiger partial charge in [0.15, 0.2) is 11.5 Å². The van der Waals surface area contributed by atoms with Crippen LogP contribution in [0.5, 0.6) is 11.5 Å². The highest BCUT2D eigenvalue weighted by Gasteiger charge is 2.43. The molecule has 16 heavy (non-hydrogen) atoms. The molecule has 1 heterocycles. The van der Waals surface area contributed by atoms with Crippen molar-refractivity contribution in [3.63, 3.8) is 0 Å². The third-order valence-corrected chi connectivity index (χ3v) is 2.02. The molecule has 2 rings (SSSR count). The molecule has 0 unspecified atom stereocenters. The fraction of sp³-hybridized carbons (Fsp3) is 0.417. The van der Waals surface area contributed by atoms with Crippen LogP contribution in [-0.4, -0.2) is 6.29 Å². The number of ether oxygens (including phenoxy) is 2. The van der Waals surface area contributed by atoms with Crippen LogP contribution in [0.15, 0.2) is 18.2 Å². The molecule has 0 N–H and O–H groups in total. The molecule has 0 amide bonds. The lowest BCUT2D eigenvalue weighted by molar-refractivity contribution is -0.286. The quantitative estimate of drug-likeness (QED) is 0.729. The molecule has 0 fully saturated rings. The van der Waals surface area contributed by atoms with E-state index in [0.717, 1.165) is 5.56 Å². The number of rotatable bonds is 1. The molecular weight excluding hydrogens is 214 g/mol. The van der Waals surface area contributed by atoms with Crippen molar-refractivity contribution in [2.45, 2.75) is 27.1 Å². The van der Waals surface area contributed by atoms with Gasteiger partial charge in [0.25, 0.3) is 0 Å². The fourth-order valence-electron chi connectivity index (χ4n) is 1.56. The summed E-state index contributed by atoms with van der Waals surface area (Å²) in [5.41, 5.74) is 0.823. The van der Waals surface area contributed by atoms with Gasteiger partial charge in [-0.15, -0.1) is 8.78 Å². The van der Waals surface area contributed by atoms with Crippen LogP contribution in [-0.2, 0) is 0 Å². The molecule has 1 radical (unpaired) electrons. The highest BCUT2D eigenvalue weighted by molar-refractivity contribution is 5.47. The molecule has 2 nitrogen and oxygen atoms in total. The van der Waals surface area contributed by atoms with E-state index in [2.05, 4.69) is 9.47 Å². The molecule has 0 atom stereocenters. The molecule has 0 aliphatic carbocycles. The summed E-state index contributed by atoms with van der Waals surface area (Å²) in [6.45, 7) is 6.10. The van der Waals surface area contributed by atoms with Crippen LogP contribution in [0.25, 0.3) is 0 Å². The van der Waals surface area contributed by atoms with Crippen LogP contribution in [0.4, 0.5) is 8.78 Å². The van der Waals surface area contributed by atoms with E-state index in [1.165, 1.54) is 6.07 Å². The van der Waals surface area contributed by atoms with Gasteiger partial charge in [-0.1, -0.05) is 26.8 Å². The molecule has 4 heteroatoms. The molecule has 1 aliphatic rings. The summed E-state index contributed by atoms with van der Waals surface area (Å²) in [5, 5.41) is 0. The van der Waals surface area contributed by atoms with Gasteiger partial charge in [-0.3, -0.25) is 0 Å². The van der Waals surface area contributed by atoms with Crippen molar-refractivity contribution in [1.82, 2.24) is 0 Å². The Morgan fingerprint density at radius 3 is 2.38 bits per heavy atom. The molecule has 0 spiro atoms. The summed E-state index contributed by atoms with van der Waals surface area (Å²) in [7, 11) is 0. The average Bonchev–Trinajstić information content (AvgIpc) is 2.34. The Hall–Kier alpha value is -1.32. The smallest absolute Gasteiger partial charge is 0.395 e. The number of hydrogen-bond donors (Lipinski definition) is 0. The van der Waals surface area contributed by atoms with E-state index >= 15 is 0 Å². The van der Waals surface area contributed by atoms with Gasteiger partial charge in [0.2, 0.25) is 0 Å². The second kappa shape index (κ2) is 3.34. The Kier molecular flexibility index (Phi) is 2.33. The third kappa shape index (κ3) is 2.43. The first kappa shape index (κ1) is 11.2. The number of hydrogen-bond acceptors (Lipinski definition) is 2. The molecule has 0 saturated heterocycles. The van der Waals surface area contributed by atoms with E-state index in [1.54, 1.807) is 12.1 Å². The van der Waals surface area contributed by atoms with Crippen LogP contribution >= 0.6 is 0 Å². The van der Waals surface area contributed by atoms with Crippen LogP contribution in [0.1, 0.15) is 26.3 Å². The van der Waals surface area contributed by atoms with Crippen LogP contribution in [0.2, 0.25) is 0 Å². The predicted octanol–water partition coefficient (Wildman–Crippen LogP) is 3.61. The van der Waals surface area contributed by atoms with Crippen LogP contribution in [0, 0.1) is 11.8 Å².